The molecule has 1 aliphatic carbocycles. The summed E-state index contributed by atoms with van der Waals surface area (Å²) in [5.74, 6) is -0.927. The summed E-state index contributed by atoms with van der Waals surface area (Å²) in [6.45, 7) is 2.23. The van der Waals surface area contributed by atoms with Crippen molar-refractivity contribution in [3.63, 3.8) is 0 Å². The van der Waals surface area contributed by atoms with Crippen molar-refractivity contribution < 1.29 is 19.4 Å². The SMILES string of the molecule is Cc1ccc(OCc2cccc(C(=O)N[C@@H]3CCC[C@@H]3C(=O)O)c2)cn1. The van der Waals surface area contributed by atoms with Crippen LogP contribution < -0.4 is 10.1 Å². The molecule has 0 aliphatic heterocycles. The third kappa shape index (κ3) is 4.39. The number of carbonyl (C=O) groups is 2. The van der Waals surface area contributed by atoms with Gasteiger partial charge in [0.05, 0.1) is 12.1 Å². The van der Waals surface area contributed by atoms with E-state index in [1.54, 1.807) is 24.4 Å². The van der Waals surface area contributed by atoms with Crippen molar-refractivity contribution >= 4 is 11.9 Å². The molecular weight excluding hydrogens is 332 g/mol. The van der Waals surface area contributed by atoms with Gasteiger partial charge in [-0.15, -0.1) is 0 Å². The van der Waals surface area contributed by atoms with E-state index in [4.69, 9.17) is 4.74 Å². The van der Waals surface area contributed by atoms with Gasteiger partial charge in [0.25, 0.3) is 5.91 Å². The summed E-state index contributed by atoms with van der Waals surface area (Å²) in [5, 5.41) is 12.1. The second-order valence-corrected chi connectivity index (χ2v) is 6.58. The Labute approximate surface area is 152 Å². The van der Waals surface area contributed by atoms with E-state index in [0.717, 1.165) is 17.7 Å². The van der Waals surface area contributed by atoms with Gasteiger partial charge < -0.3 is 15.2 Å². The molecule has 0 saturated heterocycles. The van der Waals surface area contributed by atoms with Gasteiger partial charge in [-0.1, -0.05) is 18.6 Å². The van der Waals surface area contributed by atoms with Crippen LogP contribution in [0.3, 0.4) is 0 Å². The molecule has 136 valence electrons. The maximum atomic E-state index is 12.5. The average Bonchev–Trinajstić information content (AvgIpc) is 3.10. The van der Waals surface area contributed by atoms with Crippen LogP contribution in [0.4, 0.5) is 0 Å². The summed E-state index contributed by atoms with van der Waals surface area (Å²) >= 11 is 0. The number of aliphatic carboxylic acids is 1. The van der Waals surface area contributed by atoms with Gasteiger partial charge in [-0.25, -0.2) is 0 Å². The van der Waals surface area contributed by atoms with Crippen LogP contribution in [0, 0.1) is 12.8 Å². The molecule has 1 aromatic carbocycles. The number of aryl methyl sites for hydroxylation is 1. The third-order valence-electron chi connectivity index (χ3n) is 4.63. The molecule has 26 heavy (non-hydrogen) atoms. The largest absolute Gasteiger partial charge is 0.487 e. The minimum atomic E-state index is -0.846. The maximum Gasteiger partial charge on any atom is 0.308 e. The smallest absolute Gasteiger partial charge is 0.308 e. The van der Waals surface area contributed by atoms with Crippen LogP contribution in [0.2, 0.25) is 0 Å². The number of hydrogen-bond donors (Lipinski definition) is 2. The van der Waals surface area contributed by atoms with Crippen molar-refractivity contribution in [2.45, 2.75) is 38.8 Å². The number of carbonyl (C=O) groups excluding carboxylic acids is 1. The number of carboxylic acid groups (broad SMARTS) is 1. The lowest BCUT2D eigenvalue weighted by Crippen LogP contribution is -2.40. The standard InChI is InChI=1S/C20H22N2O4/c1-13-8-9-16(11-21-13)26-12-14-4-2-5-15(10-14)19(23)22-18-7-3-6-17(18)20(24)25/h2,4-5,8-11,17-18H,3,6-7,12H2,1H3,(H,22,23)(H,24,25)/t17-,18+/m0/s1. The number of ether oxygens (including phenoxy) is 1. The number of nitrogens with zero attached hydrogens (tertiary/aromatic N) is 1. The number of carboxylic acids is 1. The van der Waals surface area contributed by atoms with E-state index in [1.165, 1.54) is 0 Å². The molecule has 1 heterocycles. The summed E-state index contributed by atoms with van der Waals surface area (Å²) in [4.78, 5) is 27.9. The second kappa shape index (κ2) is 7.99. The molecule has 0 unspecified atom stereocenters. The molecule has 2 aromatic rings. The minimum absolute atomic E-state index is 0.248. The van der Waals surface area contributed by atoms with Crippen LogP contribution in [0.5, 0.6) is 5.75 Å². The van der Waals surface area contributed by atoms with Crippen LogP contribution >= 0.6 is 0 Å². The Morgan fingerprint density at radius 1 is 1.27 bits per heavy atom. The molecule has 0 radical (unpaired) electrons. The number of aromatic nitrogens is 1. The summed E-state index contributed by atoms with van der Waals surface area (Å²) in [6.07, 6.45) is 3.79. The molecule has 6 nitrogen and oxygen atoms in total. The molecule has 2 N–H and O–H groups in total. The van der Waals surface area contributed by atoms with Crippen LogP contribution in [-0.4, -0.2) is 28.0 Å². The first-order valence-electron chi connectivity index (χ1n) is 8.71. The van der Waals surface area contributed by atoms with E-state index in [0.29, 0.717) is 30.8 Å². The molecule has 1 amide bonds. The van der Waals surface area contributed by atoms with E-state index in [-0.39, 0.29) is 11.9 Å². The second-order valence-electron chi connectivity index (χ2n) is 6.58. The highest BCUT2D eigenvalue weighted by atomic mass is 16.5. The fourth-order valence-corrected chi connectivity index (χ4v) is 3.19. The molecule has 6 heteroatoms. The lowest BCUT2D eigenvalue weighted by Gasteiger charge is -2.17. The molecule has 1 aliphatic rings. The van der Waals surface area contributed by atoms with E-state index >= 15 is 0 Å². The Balaban J connectivity index is 1.62. The quantitative estimate of drug-likeness (QED) is 0.833. The molecule has 1 saturated carbocycles. The molecule has 0 spiro atoms. The number of rotatable bonds is 6. The van der Waals surface area contributed by atoms with Crippen molar-refractivity contribution in [1.29, 1.82) is 0 Å². The summed E-state index contributed by atoms with van der Waals surface area (Å²) < 4.78 is 5.69. The van der Waals surface area contributed by atoms with Gasteiger partial charge in [0.1, 0.15) is 12.4 Å². The Morgan fingerprint density at radius 2 is 2.12 bits per heavy atom. The highest BCUT2D eigenvalue weighted by molar-refractivity contribution is 5.94. The van der Waals surface area contributed by atoms with Crippen LogP contribution in [-0.2, 0) is 11.4 Å². The average molecular weight is 354 g/mol. The lowest BCUT2D eigenvalue weighted by atomic mass is 10.0. The van der Waals surface area contributed by atoms with E-state index in [2.05, 4.69) is 10.3 Å². The Morgan fingerprint density at radius 3 is 2.85 bits per heavy atom. The van der Waals surface area contributed by atoms with Crippen molar-refractivity contribution in [3.05, 3.63) is 59.4 Å². The summed E-state index contributed by atoms with van der Waals surface area (Å²) in [7, 11) is 0. The zero-order valence-corrected chi connectivity index (χ0v) is 14.6. The van der Waals surface area contributed by atoms with Gasteiger partial charge in [-0.05, 0) is 49.6 Å². The lowest BCUT2D eigenvalue weighted by molar-refractivity contribution is -0.142. The van der Waals surface area contributed by atoms with Crippen LogP contribution in [0.1, 0.15) is 40.9 Å². The Kier molecular flexibility index (Phi) is 5.51. The van der Waals surface area contributed by atoms with Crippen molar-refractivity contribution in [2.24, 2.45) is 5.92 Å². The van der Waals surface area contributed by atoms with Gasteiger partial charge in [-0.2, -0.15) is 0 Å². The molecule has 1 aromatic heterocycles. The van der Waals surface area contributed by atoms with Crippen LogP contribution in [0.25, 0.3) is 0 Å². The summed E-state index contributed by atoms with van der Waals surface area (Å²) in [5.41, 5.74) is 2.28. The van der Waals surface area contributed by atoms with Gasteiger partial charge in [0, 0.05) is 17.3 Å². The monoisotopic (exact) mass is 354 g/mol. The zero-order chi connectivity index (χ0) is 18.5. The number of amides is 1. The highest BCUT2D eigenvalue weighted by Gasteiger charge is 2.33. The Bertz CT molecular complexity index is 789. The van der Waals surface area contributed by atoms with E-state index in [9.17, 15) is 14.7 Å². The van der Waals surface area contributed by atoms with Gasteiger partial charge >= 0.3 is 5.97 Å². The Hall–Kier alpha value is -2.89. The zero-order valence-electron chi connectivity index (χ0n) is 14.6. The fourth-order valence-electron chi connectivity index (χ4n) is 3.19. The first-order chi connectivity index (χ1) is 12.5. The predicted octanol–water partition coefficient (Wildman–Crippen LogP) is 2.95. The molecule has 1 fully saturated rings. The van der Waals surface area contributed by atoms with E-state index in [1.807, 2.05) is 25.1 Å². The van der Waals surface area contributed by atoms with Gasteiger partial charge in [0.15, 0.2) is 0 Å². The van der Waals surface area contributed by atoms with Gasteiger partial charge in [0.2, 0.25) is 0 Å². The minimum Gasteiger partial charge on any atom is -0.487 e. The van der Waals surface area contributed by atoms with E-state index < -0.39 is 11.9 Å². The van der Waals surface area contributed by atoms with Gasteiger partial charge in [-0.3, -0.25) is 14.6 Å². The number of hydrogen-bond acceptors (Lipinski definition) is 4. The number of benzene rings is 1. The number of pyridine rings is 1. The predicted molar refractivity (Wildman–Crippen MR) is 96.0 cm³/mol. The van der Waals surface area contributed by atoms with Crippen molar-refractivity contribution in [3.8, 4) is 5.75 Å². The third-order valence-corrected chi connectivity index (χ3v) is 4.63. The first kappa shape index (κ1) is 17.9. The highest BCUT2D eigenvalue weighted by Crippen LogP contribution is 2.26. The topological polar surface area (TPSA) is 88.5 Å². The fraction of sp³-hybridized carbons (Fsp3) is 0.350. The van der Waals surface area contributed by atoms with Crippen LogP contribution in [0.15, 0.2) is 42.6 Å². The molecule has 3 rings (SSSR count). The summed E-state index contributed by atoms with van der Waals surface area (Å²) in [6, 6.07) is 10.6. The molecule has 0 bridgehead atoms. The normalized spacial score (nSPS) is 19.1. The maximum absolute atomic E-state index is 12.5. The van der Waals surface area contributed by atoms with Crippen molar-refractivity contribution in [1.82, 2.24) is 10.3 Å². The van der Waals surface area contributed by atoms with Crippen molar-refractivity contribution in [2.75, 3.05) is 0 Å². The first-order valence-corrected chi connectivity index (χ1v) is 8.71. The number of nitrogens with one attached hydrogen (secondary N) is 1. The molecular formula is C20H22N2O4. The molecule has 2 atom stereocenters.